The van der Waals surface area contributed by atoms with Gasteiger partial charge >= 0.3 is 0 Å². The highest BCUT2D eigenvalue weighted by Gasteiger charge is 2.16. The van der Waals surface area contributed by atoms with Crippen LogP contribution in [0.4, 0.5) is 0 Å². The van der Waals surface area contributed by atoms with Gasteiger partial charge in [-0.1, -0.05) is 12.1 Å². The van der Waals surface area contributed by atoms with Gasteiger partial charge in [0.1, 0.15) is 0 Å². The summed E-state index contributed by atoms with van der Waals surface area (Å²) in [6.07, 6.45) is 0.784. The first-order valence-corrected chi connectivity index (χ1v) is 7.24. The van der Waals surface area contributed by atoms with Gasteiger partial charge in [-0.2, -0.15) is 0 Å². The van der Waals surface area contributed by atoms with E-state index in [-0.39, 0.29) is 11.6 Å². The normalized spacial score (nSPS) is 13.9. The van der Waals surface area contributed by atoms with E-state index < -0.39 is 0 Å². The van der Waals surface area contributed by atoms with Crippen LogP contribution in [0.5, 0.6) is 0 Å². The van der Waals surface area contributed by atoms with E-state index in [0.29, 0.717) is 6.61 Å². The number of ether oxygens (including phenoxy) is 1. The van der Waals surface area contributed by atoms with Gasteiger partial charge in [0, 0.05) is 6.42 Å². The highest BCUT2D eigenvalue weighted by atomic mass is 32.1. The van der Waals surface area contributed by atoms with Crippen LogP contribution in [0.15, 0.2) is 24.3 Å². The molecule has 2 rings (SSSR count). The van der Waals surface area contributed by atoms with Gasteiger partial charge < -0.3 is 4.74 Å². The van der Waals surface area contributed by atoms with Crippen LogP contribution in [0, 0.1) is 0 Å². The van der Waals surface area contributed by atoms with Crippen LogP contribution in [0.25, 0.3) is 10.2 Å². The molecular weight excluding hydrogens is 258 g/mol. The molecule has 0 spiro atoms. The van der Waals surface area contributed by atoms with Crippen LogP contribution in [-0.4, -0.2) is 23.2 Å². The Balaban J connectivity index is 2.01. The summed E-state index contributed by atoms with van der Waals surface area (Å²) in [7, 11) is 0. The zero-order valence-corrected chi connectivity index (χ0v) is 12.5. The summed E-state index contributed by atoms with van der Waals surface area (Å²) in [5.41, 5.74) is 3.71. The molecule has 0 amide bonds. The lowest BCUT2D eigenvalue weighted by Gasteiger charge is -2.23. The van der Waals surface area contributed by atoms with Crippen molar-refractivity contribution in [3.05, 3.63) is 29.3 Å². The molecule has 1 heterocycles. The predicted molar refractivity (Wildman–Crippen MR) is 80.1 cm³/mol. The lowest BCUT2D eigenvalue weighted by molar-refractivity contribution is -0.0143. The third-order valence-electron chi connectivity index (χ3n) is 2.71. The average molecular weight is 279 g/mol. The number of aromatic nitrogens is 1. The van der Waals surface area contributed by atoms with Crippen LogP contribution in [0.1, 0.15) is 25.8 Å². The summed E-state index contributed by atoms with van der Waals surface area (Å²) in [6.45, 7) is 6.70. The van der Waals surface area contributed by atoms with Crippen molar-refractivity contribution in [2.45, 2.75) is 38.8 Å². The number of hydrazine groups is 1. The minimum Gasteiger partial charge on any atom is -0.374 e. The zero-order valence-electron chi connectivity index (χ0n) is 11.6. The Morgan fingerprint density at radius 1 is 1.37 bits per heavy atom. The van der Waals surface area contributed by atoms with Crippen molar-refractivity contribution >= 4 is 21.6 Å². The lowest BCUT2D eigenvalue weighted by atomic mass is 10.2. The van der Waals surface area contributed by atoms with Crippen molar-refractivity contribution in [3.63, 3.8) is 0 Å². The van der Waals surface area contributed by atoms with Gasteiger partial charge in [-0.05, 0) is 32.9 Å². The molecule has 2 aromatic rings. The van der Waals surface area contributed by atoms with Crippen LogP contribution >= 0.6 is 11.3 Å². The number of thiazole rings is 1. The predicted octanol–water partition coefficient (Wildman–Crippen LogP) is 2.49. The zero-order chi connectivity index (χ0) is 13.9. The second kappa shape index (κ2) is 5.96. The molecule has 1 atom stereocenters. The molecule has 1 aromatic heterocycles. The standard InChI is InChI=1S/C14H21N3OS/c1-14(2,3)18-9-10(17-15)8-13-16-11-6-4-5-7-12(11)19-13/h4-7,10,17H,8-9,15H2,1-3H3. The third kappa shape index (κ3) is 4.24. The summed E-state index contributed by atoms with van der Waals surface area (Å²) in [5, 5.41) is 1.08. The monoisotopic (exact) mass is 279 g/mol. The van der Waals surface area contributed by atoms with Crippen LogP contribution < -0.4 is 11.3 Å². The summed E-state index contributed by atoms with van der Waals surface area (Å²) in [6, 6.07) is 8.25. The molecule has 0 aliphatic carbocycles. The number of benzene rings is 1. The second-order valence-corrected chi connectivity index (χ2v) is 6.68. The largest absolute Gasteiger partial charge is 0.374 e. The first-order valence-electron chi connectivity index (χ1n) is 6.42. The topological polar surface area (TPSA) is 60.2 Å². The summed E-state index contributed by atoms with van der Waals surface area (Å²) < 4.78 is 6.98. The van der Waals surface area contributed by atoms with Crippen molar-refractivity contribution in [2.24, 2.45) is 5.84 Å². The highest BCUT2D eigenvalue weighted by Crippen LogP contribution is 2.22. The number of nitrogens with two attached hydrogens (primary N) is 1. The second-order valence-electron chi connectivity index (χ2n) is 5.57. The summed E-state index contributed by atoms with van der Waals surface area (Å²) in [5.74, 6) is 5.59. The van der Waals surface area contributed by atoms with Crippen molar-refractivity contribution in [1.29, 1.82) is 0 Å². The van der Waals surface area contributed by atoms with Gasteiger partial charge in [0.25, 0.3) is 0 Å². The molecule has 5 heteroatoms. The van der Waals surface area contributed by atoms with E-state index in [1.54, 1.807) is 11.3 Å². The Labute approximate surface area is 118 Å². The van der Waals surface area contributed by atoms with E-state index >= 15 is 0 Å². The van der Waals surface area contributed by atoms with Crippen molar-refractivity contribution in [2.75, 3.05) is 6.61 Å². The maximum absolute atomic E-state index is 5.76. The molecule has 0 fully saturated rings. The molecule has 0 aliphatic heterocycles. The molecule has 0 bridgehead atoms. The highest BCUT2D eigenvalue weighted by molar-refractivity contribution is 7.18. The minimum absolute atomic E-state index is 0.0831. The molecular formula is C14H21N3OS. The van der Waals surface area contributed by atoms with Crippen LogP contribution in [-0.2, 0) is 11.2 Å². The quantitative estimate of drug-likeness (QED) is 0.652. The van der Waals surface area contributed by atoms with Gasteiger partial charge in [0.2, 0.25) is 0 Å². The number of para-hydroxylation sites is 1. The average Bonchev–Trinajstić information content (AvgIpc) is 2.75. The summed E-state index contributed by atoms with van der Waals surface area (Å²) >= 11 is 1.71. The number of nitrogens with zero attached hydrogens (tertiary/aromatic N) is 1. The molecule has 19 heavy (non-hydrogen) atoms. The fourth-order valence-corrected chi connectivity index (χ4v) is 2.78. The minimum atomic E-state index is -0.150. The Morgan fingerprint density at radius 2 is 2.11 bits per heavy atom. The Bertz CT molecular complexity index is 500. The van der Waals surface area contributed by atoms with Gasteiger partial charge in [-0.25, -0.2) is 4.98 Å². The fourth-order valence-electron chi connectivity index (χ4n) is 1.73. The first-order chi connectivity index (χ1) is 8.98. The van der Waals surface area contributed by atoms with E-state index in [4.69, 9.17) is 10.6 Å². The molecule has 0 aliphatic rings. The number of fused-ring (bicyclic) bond motifs is 1. The molecule has 0 radical (unpaired) electrons. The molecule has 3 N–H and O–H groups in total. The molecule has 104 valence electrons. The Hall–Kier alpha value is -1.01. The lowest BCUT2D eigenvalue weighted by Crippen LogP contribution is -2.42. The van der Waals surface area contributed by atoms with Gasteiger partial charge in [-0.15, -0.1) is 11.3 Å². The Kier molecular flexibility index (Phi) is 4.52. The van der Waals surface area contributed by atoms with E-state index in [2.05, 4.69) is 16.5 Å². The fraction of sp³-hybridized carbons (Fsp3) is 0.500. The number of hydrogen-bond acceptors (Lipinski definition) is 5. The van der Waals surface area contributed by atoms with Gasteiger partial charge in [-0.3, -0.25) is 11.3 Å². The van der Waals surface area contributed by atoms with E-state index in [1.807, 2.05) is 39.0 Å². The molecule has 0 saturated carbocycles. The van der Waals surface area contributed by atoms with Crippen molar-refractivity contribution < 1.29 is 4.74 Å². The molecule has 4 nitrogen and oxygen atoms in total. The van der Waals surface area contributed by atoms with Crippen LogP contribution in [0.3, 0.4) is 0 Å². The van der Waals surface area contributed by atoms with Gasteiger partial charge in [0.15, 0.2) is 0 Å². The number of hydrogen-bond donors (Lipinski definition) is 2. The summed E-state index contributed by atoms with van der Waals surface area (Å²) in [4.78, 5) is 4.61. The molecule has 1 aromatic carbocycles. The Morgan fingerprint density at radius 3 is 2.74 bits per heavy atom. The number of nitrogens with one attached hydrogen (secondary N) is 1. The van der Waals surface area contributed by atoms with E-state index in [9.17, 15) is 0 Å². The van der Waals surface area contributed by atoms with Gasteiger partial charge in [0.05, 0.1) is 33.5 Å². The van der Waals surface area contributed by atoms with E-state index in [1.165, 1.54) is 4.70 Å². The number of rotatable bonds is 5. The van der Waals surface area contributed by atoms with Crippen molar-refractivity contribution in [1.82, 2.24) is 10.4 Å². The van der Waals surface area contributed by atoms with Crippen LogP contribution in [0.2, 0.25) is 0 Å². The maximum Gasteiger partial charge on any atom is 0.0955 e. The first kappa shape index (κ1) is 14.4. The molecule has 0 saturated heterocycles. The third-order valence-corrected chi connectivity index (χ3v) is 3.77. The smallest absolute Gasteiger partial charge is 0.0955 e. The van der Waals surface area contributed by atoms with Crippen molar-refractivity contribution in [3.8, 4) is 0 Å². The van der Waals surface area contributed by atoms with E-state index in [0.717, 1.165) is 16.9 Å². The molecule has 1 unspecified atom stereocenters. The SMILES string of the molecule is CC(C)(C)OCC(Cc1nc2ccccc2s1)NN. The maximum atomic E-state index is 5.76.